The Kier molecular flexibility index (Phi) is 18.4. The van der Waals surface area contributed by atoms with Crippen LogP contribution in [0, 0.1) is 29.6 Å². The van der Waals surface area contributed by atoms with Crippen LogP contribution in [0.1, 0.15) is 82.6 Å². The minimum absolute atomic E-state index is 0.821. The summed E-state index contributed by atoms with van der Waals surface area (Å²) >= 11 is 0. The standard InChI is InChI=1S/C13H28.2C2H6/c1-8-10(4)12(6)13(7)11(5)9(2)3;2*1-2/h9-13H,8H2,1-7H3;2*1-2H3. The van der Waals surface area contributed by atoms with E-state index in [1.165, 1.54) is 6.42 Å². The van der Waals surface area contributed by atoms with E-state index in [1.807, 2.05) is 27.7 Å². The van der Waals surface area contributed by atoms with E-state index in [1.54, 1.807) is 0 Å². The van der Waals surface area contributed by atoms with Gasteiger partial charge in [0.2, 0.25) is 0 Å². The fourth-order valence-corrected chi connectivity index (χ4v) is 1.98. The largest absolute Gasteiger partial charge is 0.0683 e. The minimum Gasteiger partial charge on any atom is -0.0683 e. The summed E-state index contributed by atoms with van der Waals surface area (Å²) in [5.41, 5.74) is 0. The monoisotopic (exact) mass is 244 g/mol. The Morgan fingerprint density at radius 1 is 0.588 bits per heavy atom. The molecule has 0 aromatic heterocycles. The summed E-state index contributed by atoms with van der Waals surface area (Å²) in [6, 6.07) is 0. The molecule has 0 N–H and O–H groups in total. The van der Waals surface area contributed by atoms with Crippen LogP contribution in [0.3, 0.4) is 0 Å². The van der Waals surface area contributed by atoms with Crippen LogP contribution in [0.15, 0.2) is 0 Å². The predicted molar refractivity (Wildman–Crippen MR) is 84.5 cm³/mol. The molecule has 108 valence electrons. The smallest absolute Gasteiger partial charge is 0.0386 e. The lowest BCUT2D eigenvalue weighted by molar-refractivity contribution is 0.173. The average molecular weight is 245 g/mol. The highest BCUT2D eigenvalue weighted by Gasteiger charge is 2.24. The second kappa shape index (κ2) is 14.1. The summed E-state index contributed by atoms with van der Waals surface area (Å²) in [4.78, 5) is 0. The van der Waals surface area contributed by atoms with Gasteiger partial charge in [0.05, 0.1) is 0 Å². The molecule has 0 aromatic carbocycles. The Balaban J connectivity index is -0.000000439. The summed E-state index contributed by atoms with van der Waals surface area (Å²) in [6.45, 7) is 24.6. The molecule has 0 heterocycles. The lowest BCUT2D eigenvalue weighted by atomic mass is 9.74. The maximum Gasteiger partial charge on any atom is -0.0386 e. The summed E-state index contributed by atoms with van der Waals surface area (Å²) in [5.74, 6) is 4.26. The van der Waals surface area contributed by atoms with Crippen molar-refractivity contribution in [2.24, 2.45) is 29.6 Å². The Labute approximate surface area is 113 Å². The molecular weight excluding hydrogens is 204 g/mol. The van der Waals surface area contributed by atoms with Gasteiger partial charge >= 0.3 is 0 Å². The van der Waals surface area contributed by atoms with E-state index in [2.05, 4.69) is 48.5 Å². The summed E-state index contributed by atoms with van der Waals surface area (Å²) in [5, 5.41) is 0. The van der Waals surface area contributed by atoms with Crippen molar-refractivity contribution < 1.29 is 0 Å². The first-order valence-corrected chi connectivity index (χ1v) is 7.91. The number of hydrogen-bond acceptors (Lipinski definition) is 0. The van der Waals surface area contributed by atoms with Crippen LogP contribution < -0.4 is 0 Å². The maximum atomic E-state index is 2.42. The molecule has 0 saturated carbocycles. The van der Waals surface area contributed by atoms with E-state index < -0.39 is 0 Å². The van der Waals surface area contributed by atoms with Gasteiger partial charge in [-0.3, -0.25) is 0 Å². The van der Waals surface area contributed by atoms with Gasteiger partial charge in [-0.1, -0.05) is 82.6 Å². The molecule has 0 spiro atoms. The average Bonchev–Trinajstić information content (AvgIpc) is 2.39. The molecule has 0 fully saturated rings. The SMILES string of the molecule is CC.CC.CCC(C)C(C)C(C)C(C)C(C)C. The second-order valence-electron chi connectivity index (χ2n) is 5.21. The van der Waals surface area contributed by atoms with Crippen molar-refractivity contribution in [3.05, 3.63) is 0 Å². The lowest BCUT2D eigenvalue weighted by Gasteiger charge is -2.32. The van der Waals surface area contributed by atoms with Crippen LogP contribution in [0.4, 0.5) is 0 Å². The zero-order valence-electron chi connectivity index (χ0n) is 14.6. The highest BCUT2D eigenvalue weighted by molar-refractivity contribution is 4.73. The van der Waals surface area contributed by atoms with E-state index >= 15 is 0 Å². The first kappa shape index (κ1) is 22.2. The topological polar surface area (TPSA) is 0 Å². The fourth-order valence-electron chi connectivity index (χ4n) is 1.98. The third-order valence-corrected chi connectivity index (χ3v) is 4.25. The molecule has 0 aromatic rings. The van der Waals surface area contributed by atoms with E-state index in [0.29, 0.717) is 0 Å². The molecule has 0 aliphatic rings. The Hall–Kier alpha value is 0. The Morgan fingerprint density at radius 2 is 0.941 bits per heavy atom. The molecule has 0 aliphatic heterocycles. The van der Waals surface area contributed by atoms with Crippen molar-refractivity contribution in [3.63, 3.8) is 0 Å². The molecule has 0 rings (SSSR count). The van der Waals surface area contributed by atoms with Gasteiger partial charge in [0.25, 0.3) is 0 Å². The third kappa shape index (κ3) is 9.68. The van der Waals surface area contributed by atoms with Crippen LogP contribution in [-0.4, -0.2) is 0 Å². The third-order valence-electron chi connectivity index (χ3n) is 4.25. The van der Waals surface area contributed by atoms with Gasteiger partial charge in [0.15, 0.2) is 0 Å². The van der Waals surface area contributed by atoms with E-state index in [0.717, 1.165) is 29.6 Å². The molecule has 4 unspecified atom stereocenters. The fraction of sp³-hybridized carbons (Fsp3) is 1.00. The minimum atomic E-state index is 0.821. The van der Waals surface area contributed by atoms with Gasteiger partial charge in [0.1, 0.15) is 0 Å². The van der Waals surface area contributed by atoms with E-state index in [4.69, 9.17) is 0 Å². The van der Waals surface area contributed by atoms with Crippen LogP contribution in [0.5, 0.6) is 0 Å². The molecule has 0 radical (unpaired) electrons. The molecule has 0 heteroatoms. The van der Waals surface area contributed by atoms with Crippen molar-refractivity contribution in [1.29, 1.82) is 0 Å². The Bertz CT molecular complexity index is 126. The first-order valence-electron chi connectivity index (χ1n) is 7.91. The first-order chi connectivity index (χ1) is 7.91. The molecule has 0 aliphatic carbocycles. The zero-order valence-corrected chi connectivity index (χ0v) is 14.6. The molecular formula is C17H40. The van der Waals surface area contributed by atoms with Gasteiger partial charge in [-0.25, -0.2) is 0 Å². The quantitative estimate of drug-likeness (QED) is 0.508. The van der Waals surface area contributed by atoms with Crippen molar-refractivity contribution >= 4 is 0 Å². The van der Waals surface area contributed by atoms with Gasteiger partial charge < -0.3 is 0 Å². The summed E-state index contributed by atoms with van der Waals surface area (Å²) < 4.78 is 0. The van der Waals surface area contributed by atoms with Crippen molar-refractivity contribution in [2.75, 3.05) is 0 Å². The van der Waals surface area contributed by atoms with Gasteiger partial charge in [-0.15, -0.1) is 0 Å². The van der Waals surface area contributed by atoms with Gasteiger partial charge in [0, 0.05) is 0 Å². The van der Waals surface area contributed by atoms with Gasteiger partial charge in [-0.05, 0) is 29.6 Å². The molecule has 0 bridgehead atoms. The van der Waals surface area contributed by atoms with E-state index in [-0.39, 0.29) is 0 Å². The van der Waals surface area contributed by atoms with Crippen molar-refractivity contribution in [1.82, 2.24) is 0 Å². The summed E-state index contributed by atoms with van der Waals surface area (Å²) in [7, 11) is 0. The highest BCUT2D eigenvalue weighted by Crippen LogP contribution is 2.31. The lowest BCUT2D eigenvalue weighted by Crippen LogP contribution is -2.24. The number of rotatable bonds is 5. The molecule has 0 amide bonds. The Morgan fingerprint density at radius 3 is 1.18 bits per heavy atom. The maximum absolute atomic E-state index is 2.42. The van der Waals surface area contributed by atoms with Crippen LogP contribution in [0.2, 0.25) is 0 Å². The van der Waals surface area contributed by atoms with Crippen LogP contribution in [0.25, 0.3) is 0 Å². The normalized spacial score (nSPS) is 16.9. The number of hydrogen-bond donors (Lipinski definition) is 0. The van der Waals surface area contributed by atoms with Crippen molar-refractivity contribution in [3.8, 4) is 0 Å². The van der Waals surface area contributed by atoms with Crippen LogP contribution >= 0.6 is 0 Å². The summed E-state index contributed by atoms with van der Waals surface area (Å²) in [6.07, 6.45) is 1.32. The highest BCUT2D eigenvalue weighted by atomic mass is 14.3. The second-order valence-corrected chi connectivity index (χ2v) is 5.21. The molecule has 0 nitrogen and oxygen atoms in total. The van der Waals surface area contributed by atoms with Crippen LogP contribution in [-0.2, 0) is 0 Å². The molecule has 0 saturated heterocycles. The van der Waals surface area contributed by atoms with E-state index in [9.17, 15) is 0 Å². The van der Waals surface area contributed by atoms with Crippen molar-refractivity contribution in [2.45, 2.75) is 82.6 Å². The molecule has 17 heavy (non-hydrogen) atoms. The zero-order chi connectivity index (χ0) is 14.6. The predicted octanol–water partition coefficient (Wildman–Crippen LogP) is 6.65. The van der Waals surface area contributed by atoms with Gasteiger partial charge in [-0.2, -0.15) is 0 Å². The molecule has 4 atom stereocenters.